The average molecular weight is 517 g/mol. The zero-order valence-corrected chi connectivity index (χ0v) is 20.0. The minimum absolute atomic E-state index is 0. The lowest BCUT2D eigenvalue weighted by Crippen LogP contribution is -2.41. The van der Waals surface area contributed by atoms with E-state index in [0.29, 0.717) is 18.3 Å². The highest BCUT2D eigenvalue weighted by atomic mass is 127. The quantitative estimate of drug-likeness (QED) is 0.192. The van der Waals surface area contributed by atoms with Crippen molar-refractivity contribution in [2.75, 3.05) is 32.8 Å². The highest BCUT2D eigenvalue weighted by Gasteiger charge is 2.17. The molecule has 0 bridgehead atoms. The maximum atomic E-state index is 10.8. The van der Waals surface area contributed by atoms with Crippen LogP contribution in [0.5, 0.6) is 5.75 Å². The van der Waals surface area contributed by atoms with Gasteiger partial charge in [0.2, 0.25) is 0 Å². The Labute approximate surface area is 191 Å². The zero-order chi connectivity index (χ0) is 20.2. The first kappa shape index (κ1) is 25.5. The van der Waals surface area contributed by atoms with Crippen LogP contribution in [-0.2, 0) is 11.3 Å². The Bertz CT molecular complexity index is 641. The molecule has 0 aliphatic carbocycles. The Kier molecular flexibility index (Phi) is 12.7. The molecule has 1 aliphatic rings. The molecular weight excluding hydrogens is 481 g/mol. The third-order valence-corrected chi connectivity index (χ3v) is 4.90. The lowest BCUT2D eigenvalue weighted by atomic mass is 10.0. The van der Waals surface area contributed by atoms with E-state index in [1.807, 2.05) is 18.2 Å². The molecule has 1 saturated heterocycles. The second-order valence-electron chi connectivity index (χ2n) is 7.26. The zero-order valence-electron chi connectivity index (χ0n) is 17.7. The molecule has 1 heterocycles. The number of halogens is 1. The second-order valence-corrected chi connectivity index (χ2v) is 7.26. The number of nitrogens with zero attached hydrogens (tertiary/aromatic N) is 2. The Morgan fingerprint density at radius 2 is 2.17 bits per heavy atom. The Morgan fingerprint density at radius 3 is 2.90 bits per heavy atom. The van der Waals surface area contributed by atoms with E-state index >= 15 is 0 Å². The van der Waals surface area contributed by atoms with Crippen LogP contribution in [0.25, 0.3) is 0 Å². The minimum Gasteiger partial charge on any atom is -0.484 e. The number of ether oxygens (including phenoxy) is 1. The molecule has 1 fully saturated rings. The number of aliphatic imine (C=N–C) groups is 1. The Balaban J connectivity index is 0.00000420. The summed E-state index contributed by atoms with van der Waals surface area (Å²) in [5.74, 6) is 0.957. The first-order valence-corrected chi connectivity index (χ1v) is 10.3. The van der Waals surface area contributed by atoms with Crippen molar-refractivity contribution in [3.05, 3.63) is 29.8 Å². The van der Waals surface area contributed by atoms with Gasteiger partial charge in [0.1, 0.15) is 5.75 Å². The molecular formula is C21H36IN5O2. The van der Waals surface area contributed by atoms with Crippen LogP contribution in [0, 0.1) is 0 Å². The summed E-state index contributed by atoms with van der Waals surface area (Å²) in [6.07, 6.45) is 5.11. The van der Waals surface area contributed by atoms with Gasteiger partial charge >= 0.3 is 0 Å². The van der Waals surface area contributed by atoms with Crippen LogP contribution in [0.3, 0.4) is 0 Å². The van der Waals surface area contributed by atoms with Gasteiger partial charge in [-0.3, -0.25) is 4.79 Å². The van der Waals surface area contributed by atoms with Crippen LogP contribution in [0.15, 0.2) is 29.3 Å². The van der Waals surface area contributed by atoms with Crippen LogP contribution in [-0.4, -0.2) is 55.6 Å². The van der Waals surface area contributed by atoms with Crippen molar-refractivity contribution in [1.29, 1.82) is 0 Å². The van der Waals surface area contributed by atoms with Gasteiger partial charge in [0.25, 0.3) is 5.91 Å². The highest BCUT2D eigenvalue weighted by Crippen LogP contribution is 2.16. The summed E-state index contributed by atoms with van der Waals surface area (Å²) in [5.41, 5.74) is 6.13. The van der Waals surface area contributed by atoms with E-state index in [9.17, 15) is 4.79 Å². The Hall–Kier alpha value is -1.55. The van der Waals surface area contributed by atoms with Crippen molar-refractivity contribution in [3.63, 3.8) is 0 Å². The van der Waals surface area contributed by atoms with Crippen molar-refractivity contribution >= 4 is 35.8 Å². The van der Waals surface area contributed by atoms with Gasteiger partial charge in [-0.05, 0) is 57.4 Å². The van der Waals surface area contributed by atoms with Gasteiger partial charge in [-0.1, -0.05) is 18.6 Å². The molecule has 1 atom stereocenters. The summed E-state index contributed by atoms with van der Waals surface area (Å²) in [6.45, 7) is 8.88. The fourth-order valence-electron chi connectivity index (χ4n) is 3.38. The predicted molar refractivity (Wildman–Crippen MR) is 129 cm³/mol. The predicted octanol–water partition coefficient (Wildman–Crippen LogP) is 2.49. The monoisotopic (exact) mass is 517 g/mol. The number of piperidine rings is 1. The normalized spacial score (nSPS) is 17.3. The van der Waals surface area contributed by atoms with Crippen molar-refractivity contribution in [2.24, 2.45) is 10.7 Å². The van der Waals surface area contributed by atoms with Crippen LogP contribution in [0.4, 0.5) is 0 Å². The van der Waals surface area contributed by atoms with Crippen LogP contribution in [0.1, 0.15) is 45.1 Å². The van der Waals surface area contributed by atoms with Crippen LogP contribution in [0.2, 0.25) is 0 Å². The van der Waals surface area contributed by atoms with E-state index in [2.05, 4.69) is 34.4 Å². The molecule has 1 aliphatic heterocycles. The number of nitrogens with two attached hydrogens (primary N) is 1. The number of amides is 1. The molecule has 29 heavy (non-hydrogen) atoms. The smallest absolute Gasteiger partial charge is 0.255 e. The number of primary amides is 1. The van der Waals surface area contributed by atoms with Gasteiger partial charge in [-0.25, -0.2) is 4.99 Å². The maximum Gasteiger partial charge on any atom is 0.255 e. The van der Waals surface area contributed by atoms with E-state index in [0.717, 1.165) is 37.6 Å². The van der Waals surface area contributed by atoms with E-state index in [1.165, 1.54) is 25.8 Å². The van der Waals surface area contributed by atoms with Gasteiger partial charge in [-0.2, -0.15) is 0 Å². The lowest BCUT2D eigenvalue weighted by molar-refractivity contribution is -0.119. The minimum atomic E-state index is -0.485. The summed E-state index contributed by atoms with van der Waals surface area (Å²) in [4.78, 5) is 18.1. The molecule has 1 amide bonds. The van der Waals surface area contributed by atoms with Gasteiger partial charge in [-0.15, -0.1) is 24.0 Å². The standard InChI is InChI=1S/C21H35N5O2.HI/c1-3-23-21(24-11-7-13-26-12-5-4-8-17(26)2)25-15-18-9-6-10-19(14-18)28-16-20(22)27;/h6,9-10,14,17H,3-5,7-8,11-13,15-16H2,1-2H3,(H2,22,27)(H2,23,24,25);1H. The molecule has 7 nitrogen and oxygen atoms in total. The molecule has 1 aromatic carbocycles. The summed E-state index contributed by atoms with van der Waals surface area (Å²) < 4.78 is 5.35. The second kappa shape index (κ2) is 14.4. The summed E-state index contributed by atoms with van der Waals surface area (Å²) in [7, 11) is 0. The van der Waals surface area contributed by atoms with Gasteiger partial charge in [0.15, 0.2) is 12.6 Å². The van der Waals surface area contributed by atoms with Crippen LogP contribution >= 0.6 is 24.0 Å². The molecule has 8 heteroatoms. The fraction of sp³-hybridized carbons (Fsp3) is 0.619. The van der Waals surface area contributed by atoms with Crippen molar-refractivity contribution in [3.8, 4) is 5.75 Å². The van der Waals surface area contributed by atoms with Crippen molar-refractivity contribution < 1.29 is 9.53 Å². The molecule has 1 aromatic rings. The average Bonchev–Trinajstić information content (AvgIpc) is 2.69. The molecule has 0 aromatic heterocycles. The lowest BCUT2D eigenvalue weighted by Gasteiger charge is -2.33. The molecule has 0 radical (unpaired) electrons. The van der Waals surface area contributed by atoms with E-state index in [-0.39, 0.29) is 30.6 Å². The first-order valence-electron chi connectivity index (χ1n) is 10.3. The van der Waals surface area contributed by atoms with Gasteiger partial charge in [0.05, 0.1) is 6.54 Å². The van der Waals surface area contributed by atoms with Gasteiger partial charge < -0.3 is 26.0 Å². The summed E-state index contributed by atoms with van der Waals surface area (Å²) >= 11 is 0. The number of carbonyl (C=O) groups is 1. The number of hydrogen-bond acceptors (Lipinski definition) is 4. The third kappa shape index (κ3) is 10.2. The number of carbonyl (C=O) groups excluding carboxylic acids is 1. The molecule has 1 unspecified atom stereocenters. The molecule has 0 spiro atoms. The van der Waals surface area contributed by atoms with Crippen molar-refractivity contribution in [2.45, 2.75) is 52.1 Å². The maximum absolute atomic E-state index is 10.8. The molecule has 164 valence electrons. The van der Waals surface area contributed by atoms with E-state index in [1.54, 1.807) is 6.07 Å². The Morgan fingerprint density at radius 1 is 1.34 bits per heavy atom. The number of benzene rings is 1. The first-order chi connectivity index (χ1) is 13.6. The summed E-state index contributed by atoms with van der Waals surface area (Å²) in [5, 5.41) is 6.71. The largest absolute Gasteiger partial charge is 0.484 e. The number of likely N-dealkylation sites (tertiary alicyclic amines) is 1. The topological polar surface area (TPSA) is 92.0 Å². The molecule has 4 N–H and O–H groups in total. The highest BCUT2D eigenvalue weighted by molar-refractivity contribution is 14.0. The number of nitrogens with one attached hydrogen (secondary N) is 2. The number of rotatable bonds is 10. The molecule has 2 rings (SSSR count). The third-order valence-electron chi connectivity index (χ3n) is 4.90. The number of guanidine groups is 1. The fourth-order valence-corrected chi connectivity index (χ4v) is 3.38. The van der Waals surface area contributed by atoms with E-state index in [4.69, 9.17) is 10.5 Å². The number of hydrogen-bond donors (Lipinski definition) is 3. The van der Waals surface area contributed by atoms with Crippen molar-refractivity contribution in [1.82, 2.24) is 15.5 Å². The van der Waals surface area contributed by atoms with E-state index < -0.39 is 5.91 Å². The summed E-state index contributed by atoms with van der Waals surface area (Å²) in [6, 6.07) is 8.28. The van der Waals surface area contributed by atoms with Crippen LogP contribution < -0.4 is 21.1 Å². The molecule has 0 saturated carbocycles. The SMILES string of the molecule is CCNC(=NCc1cccc(OCC(N)=O)c1)NCCCN1CCCCC1C.I. The van der Waals surface area contributed by atoms with Gasteiger partial charge in [0, 0.05) is 25.7 Å².